The first-order chi connectivity index (χ1) is 11.7. The molecule has 0 unspecified atom stereocenters. The van der Waals surface area contributed by atoms with E-state index in [4.69, 9.17) is 4.42 Å². The molecule has 0 aliphatic rings. The summed E-state index contributed by atoms with van der Waals surface area (Å²) >= 11 is 1.54. The molecule has 126 valence electrons. The predicted octanol–water partition coefficient (Wildman–Crippen LogP) is 2.46. The van der Waals surface area contributed by atoms with Crippen LogP contribution in [0.25, 0.3) is 10.2 Å². The zero-order valence-electron chi connectivity index (χ0n) is 14.0. The lowest BCUT2D eigenvalue weighted by molar-refractivity contribution is -0.894. The molecule has 2 heterocycles. The lowest BCUT2D eigenvalue weighted by Crippen LogP contribution is -3.12. The summed E-state index contributed by atoms with van der Waals surface area (Å²) in [6.07, 6.45) is 1.53. The lowest BCUT2D eigenvalue weighted by atomic mass is 10.3. The molecule has 1 amide bonds. The number of furan rings is 1. The molecule has 3 aromatic rings. The highest BCUT2D eigenvalue weighted by atomic mass is 32.1. The summed E-state index contributed by atoms with van der Waals surface area (Å²) in [6, 6.07) is 11.4. The molecule has 0 saturated heterocycles. The number of fused-ring (bicyclic) bond motifs is 1. The smallest absolute Gasteiger partial charge is 0.295 e. The summed E-state index contributed by atoms with van der Waals surface area (Å²) < 4.78 is 6.39. The molecule has 0 fully saturated rings. The Balaban J connectivity index is 1.90. The fourth-order valence-electron chi connectivity index (χ4n) is 2.67. The van der Waals surface area contributed by atoms with E-state index in [0.29, 0.717) is 12.3 Å². The largest absolute Gasteiger partial charge is 0.459 e. The van der Waals surface area contributed by atoms with Crippen LogP contribution in [0.4, 0.5) is 5.13 Å². The van der Waals surface area contributed by atoms with Crippen molar-refractivity contribution < 1.29 is 14.1 Å². The zero-order chi connectivity index (χ0) is 16.9. The number of quaternary nitrogens is 1. The van der Waals surface area contributed by atoms with Gasteiger partial charge in [0, 0.05) is 0 Å². The molecule has 0 aliphatic heterocycles. The first-order valence-electron chi connectivity index (χ1n) is 8.27. The van der Waals surface area contributed by atoms with Crippen LogP contribution in [-0.2, 0) is 0 Å². The molecule has 0 spiro atoms. The molecule has 6 heteroatoms. The number of carbonyl (C=O) groups is 1. The van der Waals surface area contributed by atoms with E-state index in [9.17, 15) is 4.79 Å². The SMILES string of the molecule is CC[NH+](CC)CCN(C(=O)c1ccco1)c1nc2ccccc2s1. The Hall–Kier alpha value is -2.18. The standard InChI is InChI=1S/C18H21N3O2S/c1-3-20(4-2)11-12-21(17(22)15-9-7-13-23-15)18-19-14-8-5-6-10-16(14)24-18/h5-10,13H,3-4,11-12H2,1-2H3/p+1. The van der Waals surface area contributed by atoms with Gasteiger partial charge in [-0.15, -0.1) is 0 Å². The van der Waals surface area contributed by atoms with Gasteiger partial charge in [0.15, 0.2) is 10.9 Å². The number of para-hydroxylation sites is 1. The van der Waals surface area contributed by atoms with Crippen molar-refractivity contribution in [3.63, 3.8) is 0 Å². The zero-order valence-corrected chi connectivity index (χ0v) is 14.8. The normalized spacial score (nSPS) is 11.3. The Labute approximate surface area is 145 Å². The third-order valence-electron chi connectivity index (χ3n) is 4.18. The van der Waals surface area contributed by atoms with Gasteiger partial charge in [0.25, 0.3) is 5.91 Å². The maximum absolute atomic E-state index is 12.9. The van der Waals surface area contributed by atoms with Crippen molar-refractivity contribution in [3.8, 4) is 0 Å². The summed E-state index contributed by atoms with van der Waals surface area (Å²) in [6.45, 7) is 7.91. The van der Waals surface area contributed by atoms with Gasteiger partial charge >= 0.3 is 0 Å². The van der Waals surface area contributed by atoms with Crippen LogP contribution in [0.5, 0.6) is 0 Å². The average Bonchev–Trinajstić information content (AvgIpc) is 3.27. The number of amides is 1. The second-order valence-electron chi connectivity index (χ2n) is 5.61. The topological polar surface area (TPSA) is 50.8 Å². The first kappa shape index (κ1) is 16.7. The monoisotopic (exact) mass is 344 g/mol. The molecular weight excluding hydrogens is 322 g/mol. The number of hydrogen-bond donors (Lipinski definition) is 1. The number of likely N-dealkylation sites (N-methyl/N-ethyl adjacent to an activating group) is 1. The molecule has 0 atom stereocenters. The molecule has 0 saturated carbocycles. The summed E-state index contributed by atoms with van der Waals surface area (Å²) in [5, 5.41) is 0.726. The van der Waals surface area contributed by atoms with E-state index in [2.05, 4.69) is 18.8 Å². The van der Waals surface area contributed by atoms with Crippen molar-refractivity contribution in [2.24, 2.45) is 0 Å². The molecule has 1 aromatic carbocycles. The number of carbonyl (C=O) groups excluding carboxylic acids is 1. The van der Waals surface area contributed by atoms with Gasteiger partial charge in [-0.2, -0.15) is 0 Å². The van der Waals surface area contributed by atoms with Crippen molar-refractivity contribution in [1.82, 2.24) is 4.98 Å². The minimum Gasteiger partial charge on any atom is -0.459 e. The van der Waals surface area contributed by atoms with E-state index in [-0.39, 0.29) is 5.91 Å². The Bertz CT molecular complexity index is 761. The fourth-order valence-corrected chi connectivity index (χ4v) is 3.66. The van der Waals surface area contributed by atoms with Crippen molar-refractivity contribution in [1.29, 1.82) is 0 Å². The van der Waals surface area contributed by atoms with Gasteiger partial charge in [0.1, 0.15) is 0 Å². The molecule has 24 heavy (non-hydrogen) atoms. The van der Waals surface area contributed by atoms with Crippen molar-refractivity contribution >= 4 is 32.6 Å². The van der Waals surface area contributed by atoms with Gasteiger partial charge in [0.2, 0.25) is 0 Å². The fraction of sp³-hybridized carbons (Fsp3) is 0.333. The van der Waals surface area contributed by atoms with Crippen molar-refractivity contribution in [3.05, 3.63) is 48.4 Å². The number of hydrogen-bond acceptors (Lipinski definition) is 4. The summed E-state index contributed by atoms with van der Waals surface area (Å²) in [5.41, 5.74) is 0.921. The molecule has 0 bridgehead atoms. The van der Waals surface area contributed by atoms with Crippen LogP contribution < -0.4 is 9.80 Å². The highest BCUT2D eigenvalue weighted by molar-refractivity contribution is 7.22. The highest BCUT2D eigenvalue weighted by Crippen LogP contribution is 2.29. The molecular formula is C18H22N3O2S+. The second-order valence-corrected chi connectivity index (χ2v) is 6.61. The van der Waals surface area contributed by atoms with E-state index < -0.39 is 0 Å². The van der Waals surface area contributed by atoms with Crippen LogP contribution >= 0.6 is 11.3 Å². The first-order valence-corrected chi connectivity index (χ1v) is 9.09. The van der Waals surface area contributed by atoms with Gasteiger partial charge in [-0.05, 0) is 38.1 Å². The van der Waals surface area contributed by atoms with Gasteiger partial charge < -0.3 is 9.32 Å². The Kier molecular flexibility index (Phi) is 5.27. The van der Waals surface area contributed by atoms with E-state index >= 15 is 0 Å². The Morgan fingerprint density at radius 2 is 2.00 bits per heavy atom. The molecule has 0 radical (unpaired) electrons. The summed E-state index contributed by atoms with van der Waals surface area (Å²) in [5.74, 6) is 0.217. The third-order valence-corrected chi connectivity index (χ3v) is 5.24. The van der Waals surface area contributed by atoms with Crippen molar-refractivity contribution in [2.45, 2.75) is 13.8 Å². The minimum absolute atomic E-state index is 0.134. The van der Waals surface area contributed by atoms with Crippen LogP contribution in [0.2, 0.25) is 0 Å². The molecule has 5 nitrogen and oxygen atoms in total. The van der Waals surface area contributed by atoms with Crippen LogP contribution in [0.3, 0.4) is 0 Å². The number of aromatic nitrogens is 1. The number of rotatable bonds is 7. The summed E-state index contributed by atoms with van der Waals surface area (Å²) in [4.78, 5) is 20.7. The van der Waals surface area contributed by atoms with E-state index in [1.807, 2.05) is 24.3 Å². The van der Waals surface area contributed by atoms with E-state index in [0.717, 1.165) is 35.0 Å². The molecule has 1 N–H and O–H groups in total. The molecule has 0 aliphatic carbocycles. The van der Waals surface area contributed by atoms with E-state index in [1.54, 1.807) is 28.4 Å². The molecule has 3 rings (SSSR count). The Morgan fingerprint density at radius 1 is 1.21 bits per heavy atom. The van der Waals surface area contributed by atoms with Gasteiger partial charge in [0.05, 0.1) is 42.7 Å². The minimum atomic E-state index is -0.134. The van der Waals surface area contributed by atoms with Crippen molar-refractivity contribution in [2.75, 3.05) is 31.1 Å². The highest BCUT2D eigenvalue weighted by Gasteiger charge is 2.24. The van der Waals surface area contributed by atoms with Gasteiger partial charge in [-0.1, -0.05) is 23.5 Å². The third kappa shape index (κ3) is 3.49. The maximum Gasteiger partial charge on any atom is 0.295 e. The quantitative estimate of drug-likeness (QED) is 0.716. The van der Waals surface area contributed by atoms with Crippen LogP contribution in [-0.4, -0.2) is 37.1 Å². The maximum atomic E-state index is 12.9. The molecule has 2 aromatic heterocycles. The average molecular weight is 344 g/mol. The Morgan fingerprint density at radius 3 is 2.67 bits per heavy atom. The van der Waals surface area contributed by atoms with E-state index in [1.165, 1.54) is 11.2 Å². The van der Waals surface area contributed by atoms with Crippen LogP contribution in [0.15, 0.2) is 47.1 Å². The van der Waals surface area contributed by atoms with Gasteiger partial charge in [-0.3, -0.25) is 9.69 Å². The number of anilines is 1. The summed E-state index contributed by atoms with van der Waals surface area (Å²) in [7, 11) is 0. The number of nitrogens with zero attached hydrogens (tertiary/aromatic N) is 2. The predicted molar refractivity (Wildman–Crippen MR) is 96.9 cm³/mol. The number of benzene rings is 1. The number of thiazole rings is 1. The van der Waals surface area contributed by atoms with Crippen LogP contribution in [0, 0.1) is 0 Å². The number of nitrogens with one attached hydrogen (secondary N) is 1. The van der Waals surface area contributed by atoms with Gasteiger partial charge in [-0.25, -0.2) is 4.98 Å². The lowest BCUT2D eigenvalue weighted by Gasteiger charge is -2.22. The second kappa shape index (κ2) is 7.59. The van der Waals surface area contributed by atoms with Crippen LogP contribution in [0.1, 0.15) is 24.4 Å².